The standard InChI is InChI=1S/C24H32F4O3/c25-20-11-16(12-21(26)22(20)31-24(27)28)6-5-15-7-9-18(10-8-15)23-29-13-19(14-30-23)17-3-1-2-4-17/h11-12,15,17-19,23-24H,1-10,13-14H2/t15-,18-,19-,23-. The van der Waals surface area contributed by atoms with Gasteiger partial charge in [-0.25, -0.2) is 8.78 Å². The lowest BCUT2D eigenvalue weighted by Gasteiger charge is -2.39. The summed E-state index contributed by atoms with van der Waals surface area (Å²) in [7, 11) is 0. The molecule has 0 spiro atoms. The van der Waals surface area contributed by atoms with E-state index in [2.05, 4.69) is 4.74 Å². The molecule has 3 nitrogen and oxygen atoms in total. The summed E-state index contributed by atoms with van der Waals surface area (Å²) in [5, 5.41) is 0. The predicted octanol–water partition coefficient (Wildman–Crippen LogP) is 6.48. The van der Waals surface area contributed by atoms with Gasteiger partial charge in [0.15, 0.2) is 23.7 Å². The summed E-state index contributed by atoms with van der Waals surface area (Å²) in [6.45, 7) is -1.62. The van der Waals surface area contributed by atoms with Crippen LogP contribution >= 0.6 is 0 Å². The van der Waals surface area contributed by atoms with Gasteiger partial charge in [0.25, 0.3) is 0 Å². The molecule has 3 aliphatic rings. The zero-order chi connectivity index (χ0) is 21.8. The van der Waals surface area contributed by atoms with Crippen molar-refractivity contribution in [1.82, 2.24) is 0 Å². The van der Waals surface area contributed by atoms with Crippen molar-refractivity contribution in [2.24, 2.45) is 23.7 Å². The lowest BCUT2D eigenvalue weighted by molar-refractivity contribution is -0.235. The smallest absolute Gasteiger partial charge is 0.387 e. The Kier molecular flexibility index (Phi) is 7.75. The van der Waals surface area contributed by atoms with E-state index in [1.54, 1.807) is 0 Å². The van der Waals surface area contributed by atoms with Crippen LogP contribution in [0.3, 0.4) is 0 Å². The van der Waals surface area contributed by atoms with Crippen LogP contribution in [0.5, 0.6) is 5.75 Å². The Balaban J connectivity index is 1.19. The summed E-state index contributed by atoms with van der Waals surface area (Å²) in [6, 6.07) is 2.19. The second-order valence-electron chi connectivity index (χ2n) is 9.43. The number of hydrogen-bond acceptors (Lipinski definition) is 3. The van der Waals surface area contributed by atoms with Crippen LogP contribution in [-0.2, 0) is 15.9 Å². The molecule has 0 atom stereocenters. The maximum atomic E-state index is 13.9. The second-order valence-corrected chi connectivity index (χ2v) is 9.43. The number of ether oxygens (including phenoxy) is 3. The molecule has 31 heavy (non-hydrogen) atoms. The number of rotatable bonds is 7. The van der Waals surface area contributed by atoms with Crippen molar-refractivity contribution in [3.63, 3.8) is 0 Å². The van der Waals surface area contributed by atoms with Crippen LogP contribution in [-0.4, -0.2) is 26.1 Å². The third-order valence-electron chi connectivity index (χ3n) is 7.40. The van der Waals surface area contributed by atoms with Gasteiger partial charge in [0.1, 0.15) is 0 Å². The Morgan fingerprint density at radius 1 is 0.839 bits per heavy atom. The molecule has 174 valence electrons. The van der Waals surface area contributed by atoms with Crippen molar-refractivity contribution < 1.29 is 31.8 Å². The van der Waals surface area contributed by atoms with Crippen molar-refractivity contribution in [1.29, 1.82) is 0 Å². The van der Waals surface area contributed by atoms with Crippen LogP contribution in [0.15, 0.2) is 12.1 Å². The minimum Gasteiger partial charge on any atom is -0.429 e. The average Bonchev–Trinajstić information content (AvgIpc) is 3.30. The van der Waals surface area contributed by atoms with Gasteiger partial charge in [-0.1, -0.05) is 25.7 Å². The molecule has 4 rings (SSSR count). The fourth-order valence-corrected chi connectivity index (χ4v) is 5.58. The van der Waals surface area contributed by atoms with Crippen LogP contribution in [0.4, 0.5) is 17.6 Å². The van der Waals surface area contributed by atoms with Crippen LogP contribution in [0.1, 0.15) is 63.4 Å². The van der Waals surface area contributed by atoms with E-state index in [9.17, 15) is 17.6 Å². The summed E-state index contributed by atoms with van der Waals surface area (Å²) in [5.41, 5.74) is 0.468. The first-order valence-corrected chi connectivity index (χ1v) is 11.7. The second kappa shape index (κ2) is 10.5. The Labute approximate surface area is 181 Å². The highest BCUT2D eigenvalue weighted by atomic mass is 19.3. The topological polar surface area (TPSA) is 27.7 Å². The quantitative estimate of drug-likeness (QED) is 0.450. The normalized spacial score (nSPS) is 30.1. The molecule has 0 amide bonds. The van der Waals surface area contributed by atoms with Gasteiger partial charge in [0.05, 0.1) is 13.2 Å². The molecule has 0 N–H and O–H groups in total. The molecule has 0 bridgehead atoms. The Hall–Kier alpha value is -1.34. The molecule has 2 saturated carbocycles. The maximum absolute atomic E-state index is 13.9. The summed E-state index contributed by atoms with van der Waals surface area (Å²) < 4.78 is 68.4. The van der Waals surface area contributed by atoms with Gasteiger partial charge in [-0.15, -0.1) is 0 Å². The molecule has 7 heteroatoms. The Morgan fingerprint density at radius 3 is 2.03 bits per heavy atom. The van der Waals surface area contributed by atoms with E-state index in [0.29, 0.717) is 29.7 Å². The first-order chi connectivity index (χ1) is 15.0. The van der Waals surface area contributed by atoms with Gasteiger partial charge in [0, 0.05) is 11.8 Å². The molecule has 3 fully saturated rings. The van der Waals surface area contributed by atoms with E-state index in [0.717, 1.165) is 63.4 Å². The monoisotopic (exact) mass is 444 g/mol. The van der Waals surface area contributed by atoms with Crippen LogP contribution in [0.2, 0.25) is 0 Å². The Morgan fingerprint density at radius 2 is 1.45 bits per heavy atom. The van der Waals surface area contributed by atoms with Gasteiger partial charge in [-0.05, 0) is 68.1 Å². The summed E-state index contributed by atoms with van der Waals surface area (Å²) in [6.07, 6.45) is 10.7. The van der Waals surface area contributed by atoms with E-state index in [-0.39, 0.29) is 6.29 Å². The number of alkyl halides is 2. The van der Waals surface area contributed by atoms with Crippen molar-refractivity contribution in [2.45, 2.75) is 77.1 Å². The molecule has 1 heterocycles. The first-order valence-electron chi connectivity index (χ1n) is 11.7. The molecule has 1 saturated heterocycles. The highest BCUT2D eigenvalue weighted by molar-refractivity contribution is 5.31. The zero-order valence-corrected chi connectivity index (χ0v) is 17.8. The fourth-order valence-electron chi connectivity index (χ4n) is 5.58. The van der Waals surface area contributed by atoms with Crippen LogP contribution < -0.4 is 4.74 Å². The largest absolute Gasteiger partial charge is 0.429 e. The first kappa shape index (κ1) is 22.8. The zero-order valence-electron chi connectivity index (χ0n) is 17.8. The SMILES string of the molecule is Fc1cc(CC[C@H]2CC[C@H]([C@H]3OC[C@H](C4CCCC4)CO3)CC2)cc(F)c1OC(F)F. The molecule has 2 aliphatic carbocycles. The predicted molar refractivity (Wildman–Crippen MR) is 108 cm³/mol. The number of hydrogen-bond donors (Lipinski definition) is 0. The van der Waals surface area contributed by atoms with Crippen molar-refractivity contribution in [3.8, 4) is 5.75 Å². The molecular formula is C24H32F4O3. The third-order valence-corrected chi connectivity index (χ3v) is 7.40. The van der Waals surface area contributed by atoms with E-state index in [4.69, 9.17) is 9.47 Å². The van der Waals surface area contributed by atoms with E-state index < -0.39 is 24.0 Å². The van der Waals surface area contributed by atoms with Crippen molar-refractivity contribution >= 4 is 0 Å². The van der Waals surface area contributed by atoms with E-state index in [1.165, 1.54) is 25.7 Å². The highest BCUT2D eigenvalue weighted by Gasteiger charge is 2.35. The van der Waals surface area contributed by atoms with Crippen LogP contribution in [0, 0.1) is 35.3 Å². The van der Waals surface area contributed by atoms with Gasteiger partial charge in [-0.2, -0.15) is 8.78 Å². The molecule has 0 radical (unpaired) electrons. The molecule has 1 aromatic carbocycles. The van der Waals surface area contributed by atoms with E-state index >= 15 is 0 Å². The lowest BCUT2D eigenvalue weighted by atomic mass is 9.79. The van der Waals surface area contributed by atoms with Gasteiger partial charge < -0.3 is 14.2 Å². The highest BCUT2D eigenvalue weighted by Crippen LogP contribution is 2.39. The van der Waals surface area contributed by atoms with E-state index in [1.807, 2.05) is 0 Å². The summed E-state index contributed by atoms with van der Waals surface area (Å²) in [5.74, 6) is -0.962. The maximum Gasteiger partial charge on any atom is 0.387 e. The Bertz CT molecular complexity index is 684. The minimum absolute atomic E-state index is 0.0934. The fraction of sp³-hybridized carbons (Fsp3) is 0.750. The summed E-state index contributed by atoms with van der Waals surface area (Å²) in [4.78, 5) is 0. The lowest BCUT2D eigenvalue weighted by Crippen LogP contribution is -2.40. The van der Waals surface area contributed by atoms with Gasteiger partial charge in [0.2, 0.25) is 0 Å². The third kappa shape index (κ3) is 5.92. The average molecular weight is 445 g/mol. The van der Waals surface area contributed by atoms with Gasteiger partial charge in [-0.3, -0.25) is 0 Å². The van der Waals surface area contributed by atoms with Crippen molar-refractivity contribution in [2.75, 3.05) is 13.2 Å². The minimum atomic E-state index is -3.25. The molecule has 1 aliphatic heterocycles. The molecular weight excluding hydrogens is 412 g/mol. The van der Waals surface area contributed by atoms with Gasteiger partial charge >= 0.3 is 6.61 Å². The molecule has 0 aromatic heterocycles. The number of halogens is 4. The number of aryl methyl sites for hydroxylation is 1. The van der Waals surface area contributed by atoms with Crippen LogP contribution in [0.25, 0.3) is 0 Å². The summed E-state index contributed by atoms with van der Waals surface area (Å²) >= 11 is 0. The molecule has 0 unspecified atom stereocenters. The molecule has 1 aromatic rings. The number of benzene rings is 1. The van der Waals surface area contributed by atoms with Crippen molar-refractivity contribution in [3.05, 3.63) is 29.3 Å².